The monoisotopic (exact) mass is 893 g/mol. The smallest absolute Gasteiger partial charge is 0.342 e. The molecule has 5 rings (SSSR count). The van der Waals surface area contributed by atoms with Gasteiger partial charge in [0.2, 0.25) is 11.6 Å². The van der Waals surface area contributed by atoms with Crippen molar-refractivity contribution in [1.29, 1.82) is 0 Å². The van der Waals surface area contributed by atoms with E-state index in [9.17, 15) is 53.2 Å². The highest BCUT2D eigenvalue weighted by molar-refractivity contribution is 6.70. The summed E-state index contributed by atoms with van der Waals surface area (Å²) in [6.45, 7) is 14.3. The number of hydrogen-bond acceptors (Lipinski definition) is 15. The van der Waals surface area contributed by atoms with E-state index in [0.717, 1.165) is 12.2 Å². The standard InChI is InChI=1S/C25H30BFNO7.C21H26FNO6/c1-6-28(26-13-29)17-11-16-8-7-9-20-23(35-25(4,5)34-20)22(31)18(27)10-14(2)15(3)33-24(32)21(16)19(30)12-17;1-4-23-14-9-13-6-5-7-16(24)20(27)19(26)15(22)8-11(2)12(3)29-21(28)18(13)17(25)10-14/h7-8,10-15,20,23,30H,6,9H2,1-5H3;5-6,8-12,16,20,23-25,27H,4,7H2,1-3H3/b8-7+,18-10+;6-5+,15-8+/t14-,15+,20+,23+;11-,12+,16+,20+/m11/s1. The van der Waals surface area contributed by atoms with E-state index in [1.807, 2.05) is 13.8 Å². The fourth-order valence-electron chi connectivity index (χ4n) is 6.95. The zero-order valence-electron chi connectivity index (χ0n) is 37.0. The maximum absolute atomic E-state index is 14.8. The van der Waals surface area contributed by atoms with E-state index in [4.69, 9.17) is 18.9 Å². The number of benzene rings is 2. The van der Waals surface area contributed by atoms with Gasteiger partial charge < -0.3 is 54.3 Å². The van der Waals surface area contributed by atoms with Gasteiger partial charge in [-0.2, -0.15) is 0 Å². The maximum atomic E-state index is 14.8. The second-order valence-electron chi connectivity index (χ2n) is 16.1. The van der Waals surface area contributed by atoms with Crippen molar-refractivity contribution in [3.63, 3.8) is 0 Å². The van der Waals surface area contributed by atoms with Gasteiger partial charge in [0, 0.05) is 48.4 Å². The Hall–Kier alpha value is -5.69. The minimum atomic E-state index is -1.93. The van der Waals surface area contributed by atoms with Crippen molar-refractivity contribution in [3.05, 3.63) is 82.5 Å². The number of aliphatic hydroxyl groups is 2. The van der Waals surface area contributed by atoms with Crippen LogP contribution in [0, 0.1) is 11.8 Å². The second-order valence-corrected chi connectivity index (χ2v) is 16.1. The number of ketones is 2. The number of esters is 2. The van der Waals surface area contributed by atoms with E-state index in [-0.39, 0.29) is 35.5 Å². The number of aliphatic hydroxyl groups excluding tert-OH is 2. The molecule has 64 heavy (non-hydrogen) atoms. The number of nitrogens with one attached hydrogen (secondary N) is 1. The highest BCUT2D eigenvalue weighted by atomic mass is 19.1. The number of hydrogen-bond donors (Lipinski definition) is 5. The molecular weight excluding hydrogens is 837 g/mol. The Morgan fingerprint density at radius 1 is 0.797 bits per heavy atom. The summed E-state index contributed by atoms with van der Waals surface area (Å²) in [5.74, 6) is -8.92. The highest BCUT2D eigenvalue weighted by Crippen LogP contribution is 2.35. The Balaban J connectivity index is 0.000000286. The van der Waals surface area contributed by atoms with Crippen LogP contribution in [0.15, 0.2) is 60.2 Å². The first-order valence-corrected chi connectivity index (χ1v) is 21.0. The first kappa shape index (κ1) is 51.0. The number of phenols is 2. The van der Waals surface area contributed by atoms with Gasteiger partial charge in [-0.1, -0.05) is 38.2 Å². The van der Waals surface area contributed by atoms with Gasteiger partial charge in [0.15, 0.2) is 23.5 Å². The number of Topliss-reactive ketones (excluding diaryl/α,β-unsaturated/α-hetero) is 2. The summed E-state index contributed by atoms with van der Waals surface area (Å²) in [7, 11) is 1.32. The molecule has 0 saturated carbocycles. The van der Waals surface area contributed by atoms with E-state index in [2.05, 4.69) is 5.32 Å². The lowest BCUT2D eigenvalue weighted by Gasteiger charge is -2.23. The SMILES string of the molecule is CCN([B]C=O)c1cc(O)c2c(c1)/C=C/C[C@@H]1OC(C)(C)O[C@@H]1C(=O)/C(F)=C\[C@@H](C)[C@H](C)OC2=O.CCNc1cc(O)c2c(c1)/C=C/C[C@H](O)[C@H](O)C(=O)/C(F)=C\[C@@H](C)[C@H](C)OC2=O. The lowest BCUT2D eigenvalue weighted by molar-refractivity contribution is -0.153. The van der Waals surface area contributed by atoms with Gasteiger partial charge in [0.1, 0.15) is 47.1 Å². The van der Waals surface area contributed by atoms with Crippen LogP contribution in [-0.2, 0) is 33.3 Å². The molecule has 18 heteroatoms. The van der Waals surface area contributed by atoms with Crippen LogP contribution in [-0.4, -0.2) is 113 Å². The van der Waals surface area contributed by atoms with Crippen molar-refractivity contribution in [3.8, 4) is 11.5 Å². The molecule has 15 nitrogen and oxygen atoms in total. The van der Waals surface area contributed by atoms with E-state index in [1.54, 1.807) is 56.8 Å². The Bertz CT molecular complexity index is 2190. The van der Waals surface area contributed by atoms with Gasteiger partial charge in [-0.25, -0.2) is 18.4 Å². The molecule has 1 radical (unpaired) electrons. The molecule has 3 aliphatic heterocycles. The lowest BCUT2D eigenvalue weighted by Crippen LogP contribution is -2.34. The summed E-state index contributed by atoms with van der Waals surface area (Å²) in [5, 5.41) is 44.1. The van der Waals surface area contributed by atoms with Gasteiger partial charge in [0.05, 0.1) is 12.2 Å². The fourth-order valence-corrected chi connectivity index (χ4v) is 6.95. The lowest BCUT2D eigenvalue weighted by atomic mass is 9.92. The third-order valence-corrected chi connectivity index (χ3v) is 10.8. The van der Waals surface area contributed by atoms with Crippen LogP contribution in [0.25, 0.3) is 12.2 Å². The first-order valence-electron chi connectivity index (χ1n) is 21.0. The second kappa shape index (κ2) is 22.3. The van der Waals surface area contributed by atoms with Crippen molar-refractivity contribution in [2.75, 3.05) is 23.2 Å². The van der Waals surface area contributed by atoms with Crippen LogP contribution < -0.4 is 10.1 Å². The summed E-state index contributed by atoms with van der Waals surface area (Å²) in [4.78, 5) is 63.1. The van der Waals surface area contributed by atoms with Gasteiger partial charge in [-0.05, 0) is 89.8 Å². The van der Waals surface area contributed by atoms with Crippen molar-refractivity contribution >= 4 is 60.6 Å². The summed E-state index contributed by atoms with van der Waals surface area (Å²) in [6, 6.07) is 6.04. The Labute approximate surface area is 371 Å². The Kier molecular flexibility index (Phi) is 17.7. The summed E-state index contributed by atoms with van der Waals surface area (Å²) < 4.78 is 51.4. The van der Waals surface area contributed by atoms with Crippen molar-refractivity contribution < 1.29 is 72.1 Å². The van der Waals surface area contributed by atoms with E-state index in [1.165, 1.54) is 45.5 Å². The molecule has 0 unspecified atom stereocenters. The topological polar surface area (TPSA) is 218 Å². The molecule has 1 saturated heterocycles. The summed E-state index contributed by atoms with van der Waals surface area (Å²) in [5.41, 5.74) is 1.61. The number of fused-ring (bicyclic) bond motifs is 3. The fraction of sp³-hybridized carbons (Fsp3) is 0.457. The molecule has 3 aliphatic rings. The zero-order valence-corrected chi connectivity index (χ0v) is 37.0. The Morgan fingerprint density at radius 2 is 1.33 bits per heavy atom. The van der Waals surface area contributed by atoms with E-state index < -0.39 is 89.4 Å². The van der Waals surface area contributed by atoms with Crippen molar-refractivity contribution in [2.45, 2.75) is 111 Å². The van der Waals surface area contributed by atoms with Crippen LogP contribution in [0.5, 0.6) is 11.5 Å². The molecule has 345 valence electrons. The van der Waals surface area contributed by atoms with Gasteiger partial charge >= 0.3 is 19.4 Å². The number of anilines is 2. The number of carbonyl (C=O) groups is 5. The average Bonchev–Trinajstić information content (AvgIpc) is 3.54. The van der Waals surface area contributed by atoms with Crippen LogP contribution in [0.4, 0.5) is 20.2 Å². The normalized spacial score (nSPS) is 29.1. The van der Waals surface area contributed by atoms with Gasteiger partial charge in [-0.3, -0.25) is 9.59 Å². The molecule has 0 spiro atoms. The third kappa shape index (κ3) is 12.7. The predicted octanol–water partition coefficient (Wildman–Crippen LogP) is 6.14. The molecule has 1 fully saturated rings. The van der Waals surface area contributed by atoms with Crippen molar-refractivity contribution in [2.24, 2.45) is 11.8 Å². The molecular formula is C46H56BF2N2O13. The minimum absolute atomic E-state index is 0.0655. The van der Waals surface area contributed by atoms with Crippen LogP contribution in [0.1, 0.15) is 100 Å². The van der Waals surface area contributed by atoms with Crippen LogP contribution in [0.2, 0.25) is 0 Å². The largest absolute Gasteiger partial charge is 0.507 e. The predicted molar refractivity (Wildman–Crippen MR) is 236 cm³/mol. The number of carbonyl (C=O) groups excluding carboxylic acids is 5. The van der Waals surface area contributed by atoms with Crippen molar-refractivity contribution in [1.82, 2.24) is 0 Å². The maximum Gasteiger partial charge on any atom is 0.342 e. The number of halogens is 2. The number of nitrogens with zero attached hydrogens (tertiary/aromatic N) is 1. The number of rotatable bonds is 6. The molecule has 5 N–H and O–H groups in total. The zero-order chi connectivity index (χ0) is 47.6. The quantitative estimate of drug-likeness (QED) is 0.125. The van der Waals surface area contributed by atoms with E-state index >= 15 is 0 Å². The molecule has 0 aliphatic carbocycles. The number of aromatic hydroxyl groups is 2. The molecule has 0 bridgehead atoms. The van der Waals surface area contributed by atoms with Crippen LogP contribution >= 0.6 is 0 Å². The first-order chi connectivity index (χ1) is 30.1. The molecule has 3 heterocycles. The molecule has 0 aromatic heterocycles. The average molecular weight is 894 g/mol. The number of phenolic OH excluding ortho intramolecular Hbond substituents is 2. The van der Waals surface area contributed by atoms with Gasteiger partial charge in [-0.15, -0.1) is 0 Å². The number of cyclic esters (lactones) is 2. The molecule has 8 atom stereocenters. The molecule has 2 aromatic rings. The number of ether oxygens (including phenoxy) is 4. The van der Waals surface area contributed by atoms with Gasteiger partial charge in [0.25, 0.3) is 0 Å². The minimum Gasteiger partial charge on any atom is -0.507 e. The third-order valence-electron chi connectivity index (χ3n) is 10.8. The van der Waals surface area contributed by atoms with E-state index in [0.29, 0.717) is 41.8 Å². The van der Waals surface area contributed by atoms with Crippen LogP contribution in [0.3, 0.4) is 0 Å². The Morgan fingerprint density at radius 3 is 1.88 bits per heavy atom. The summed E-state index contributed by atoms with van der Waals surface area (Å²) in [6.07, 6.45) is 1.82. The summed E-state index contributed by atoms with van der Waals surface area (Å²) >= 11 is 0. The molecule has 2 aromatic carbocycles. The molecule has 0 amide bonds. The highest BCUT2D eigenvalue weighted by Gasteiger charge is 2.45.